The Morgan fingerprint density at radius 2 is 0.978 bits per heavy atom. The number of fused-ring (bicyclic) bond motifs is 2. The van der Waals surface area contributed by atoms with E-state index in [1.54, 1.807) is 19.4 Å². The van der Waals surface area contributed by atoms with Crippen molar-refractivity contribution in [2.24, 2.45) is 21.7 Å². The molecule has 46 heavy (non-hydrogen) atoms. The normalized spacial score (nSPS) is 11.6. The third kappa shape index (κ3) is 27.7. The number of pyridine rings is 2. The fourth-order valence-electron chi connectivity index (χ4n) is 2.63. The second-order valence-electron chi connectivity index (χ2n) is 7.40. The van der Waals surface area contributed by atoms with E-state index in [1.165, 1.54) is 0 Å². The average Bonchev–Trinajstić information content (AvgIpc) is 2.92. The maximum atomic E-state index is 8.49. The van der Waals surface area contributed by atoms with Crippen molar-refractivity contribution < 1.29 is 92.5 Å². The molecular weight excluding hydrogens is 839 g/mol. The van der Waals surface area contributed by atoms with Crippen LogP contribution in [0.2, 0.25) is 0 Å². The molecule has 0 amide bonds. The van der Waals surface area contributed by atoms with E-state index in [0.717, 1.165) is 33.2 Å². The molecule has 0 spiro atoms. The van der Waals surface area contributed by atoms with E-state index in [9.17, 15) is 0 Å². The number of benzene rings is 2. The maximum absolute atomic E-state index is 8.49. The van der Waals surface area contributed by atoms with Crippen LogP contribution in [0.25, 0.3) is 21.8 Å². The van der Waals surface area contributed by atoms with Gasteiger partial charge in [-0.15, -0.1) is 20.5 Å². The van der Waals surface area contributed by atoms with E-state index in [4.69, 9.17) is 53.8 Å². The number of aromatic nitrogens is 2. The van der Waals surface area contributed by atoms with Crippen LogP contribution in [0.4, 0.5) is 0 Å². The number of amidine groups is 2. The molecule has 0 aliphatic rings. The van der Waals surface area contributed by atoms with Gasteiger partial charge in [0.15, 0.2) is 0 Å². The molecule has 7 N–H and O–H groups in total. The third-order valence-corrected chi connectivity index (χ3v) is 4.37. The van der Waals surface area contributed by atoms with Crippen molar-refractivity contribution in [3.63, 3.8) is 0 Å². The summed E-state index contributed by atoms with van der Waals surface area (Å²) in [6, 6.07) is 23.7. The van der Waals surface area contributed by atoms with Crippen molar-refractivity contribution in [2.75, 3.05) is 6.61 Å². The van der Waals surface area contributed by atoms with Crippen LogP contribution in [0.1, 0.15) is 18.3 Å². The molecule has 4 rings (SSSR count). The zero-order chi connectivity index (χ0) is 34.5. The number of nitrogens with zero attached hydrogens (tertiary/aromatic N) is 4. The van der Waals surface area contributed by atoms with Gasteiger partial charge in [0.05, 0.1) is 0 Å². The maximum Gasteiger partial charge on any atom is 2.00 e. The molecule has 4 aromatic rings. The SMILES string of the molecule is CCO.N/C([Se-])=[NH+]/N=C/c1ccc2ccccc2n1.N/C([Se-])=[NH+]/N=C/c1ccc2ccccc2n1.[O-][Cl+3]([O-])([O-])[O-].[O-][Cl+3]([O-])([O-])[O-].[Zn+2]. The number of hydrazone groups is 2. The average molecular weight is 865 g/mol. The zero-order valence-electron chi connectivity index (χ0n) is 23.7. The van der Waals surface area contributed by atoms with Crippen molar-refractivity contribution >= 4 is 75.7 Å². The van der Waals surface area contributed by atoms with Crippen molar-refractivity contribution in [3.8, 4) is 0 Å². The van der Waals surface area contributed by atoms with Gasteiger partial charge >= 0.3 is 221 Å². The molecule has 0 fully saturated rings. The van der Waals surface area contributed by atoms with Gasteiger partial charge in [-0.2, -0.15) is 0 Å². The molecule has 17 nitrogen and oxygen atoms in total. The molecule has 22 heteroatoms. The topological polar surface area (TPSA) is 335 Å². The monoisotopic (exact) mass is 864 g/mol. The number of nitrogens with one attached hydrogen (secondary N) is 2. The van der Waals surface area contributed by atoms with E-state index in [1.807, 2.05) is 72.8 Å². The molecule has 0 atom stereocenters. The van der Waals surface area contributed by atoms with Crippen LogP contribution in [0.15, 0.2) is 83.0 Å². The zero-order valence-corrected chi connectivity index (χ0v) is 31.6. The standard InChI is InChI=1S/2C11H10N4Se.C2H6O.2ClHO4.Zn/c2*12-11(16)15-13-7-9-6-5-8-3-1-2-4-10(8)14-9;1-2-3;2*2-1(3,4)5;/h2*1-7H,(H3,12,15,16);3H,2H2,1H3;2*(H,2,3,4,5);/q;;;;;+2/p-2/b2*13-7+;;;;. The van der Waals surface area contributed by atoms with Crippen molar-refractivity contribution in [3.05, 3.63) is 84.2 Å². The first-order chi connectivity index (χ1) is 20.9. The van der Waals surface area contributed by atoms with Gasteiger partial charge in [0.1, 0.15) is 0 Å². The summed E-state index contributed by atoms with van der Waals surface area (Å²) in [6.45, 7) is 1.93. The van der Waals surface area contributed by atoms with Crippen molar-refractivity contribution in [1.29, 1.82) is 0 Å². The van der Waals surface area contributed by atoms with Crippen LogP contribution in [0, 0.1) is 20.5 Å². The van der Waals surface area contributed by atoms with Crippen LogP contribution in [0.3, 0.4) is 0 Å². The number of hydrogen-bond acceptors (Lipinski definition) is 13. The van der Waals surface area contributed by atoms with Gasteiger partial charge in [-0.1, -0.05) is 0 Å². The Balaban J connectivity index is 0. The summed E-state index contributed by atoms with van der Waals surface area (Å²) in [5, 5.41) is 22.9. The van der Waals surface area contributed by atoms with Crippen molar-refractivity contribution in [2.45, 2.75) is 6.92 Å². The summed E-state index contributed by atoms with van der Waals surface area (Å²) in [7, 11) is -9.89. The van der Waals surface area contributed by atoms with Gasteiger partial charge in [0.25, 0.3) is 0 Å². The minimum atomic E-state index is -4.94. The van der Waals surface area contributed by atoms with Crippen LogP contribution in [-0.2, 0) is 19.5 Å². The predicted molar refractivity (Wildman–Crippen MR) is 143 cm³/mol. The van der Waals surface area contributed by atoms with Crippen molar-refractivity contribution in [1.82, 2.24) is 9.97 Å². The Bertz CT molecular complexity index is 1440. The molecule has 0 saturated carbocycles. The number of aliphatic hydroxyl groups is 1. The summed E-state index contributed by atoms with van der Waals surface area (Å²) in [6.07, 6.45) is 3.24. The number of halogens is 2. The second-order valence-corrected chi connectivity index (χ2v) is 10.8. The van der Waals surface area contributed by atoms with Gasteiger partial charge in [-0.05, 0) is 6.92 Å². The number of para-hydroxylation sites is 2. The molecule has 0 saturated heterocycles. The quantitative estimate of drug-likeness (QED) is 0.0552. The molecule has 2 aromatic carbocycles. The second kappa shape index (κ2) is 24.6. The Hall–Kier alpha value is -2.58. The van der Waals surface area contributed by atoms with Gasteiger partial charge in [0.2, 0.25) is 0 Å². The molecule has 244 valence electrons. The number of nitrogens with two attached hydrogens (primary N) is 2. The van der Waals surface area contributed by atoms with E-state index >= 15 is 0 Å². The first-order valence-electron chi connectivity index (χ1n) is 11.7. The number of rotatable bonds is 4. The largest absolute Gasteiger partial charge is 2.00 e. The molecule has 0 aliphatic carbocycles. The van der Waals surface area contributed by atoms with Crippen LogP contribution >= 0.6 is 0 Å². The summed E-state index contributed by atoms with van der Waals surface area (Å²) in [4.78, 5) is 8.84. The van der Waals surface area contributed by atoms with Crippen LogP contribution in [0.5, 0.6) is 0 Å². The molecule has 0 bridgehead atoms. The third-order valence-electron chi connectivity index (χ3n) is 3.98. The Kier molecular flexibility index (Phi) is 24.3. The van der Waals surface area contributed by atoms with E-state index in [-0.39, 0.29) is 26.1 Å². The summed E-state index contributed by atoms with van der Waals surface area (Å²) < 4.78 is 68.8. The molecule has 2 aromatic heterocycles. The van der Waals surface area contributed by atoms with E-state index in [0.29, 0.717) is 9.47 Å². The molecule has 0 aliphatic heterocycles. The molecular formula is C24H26Cl2N8O9Se2Zn. The molecule has 0 radical (unpaired) electrons. The van der Waals surface area contributed by atoms with Gasteiger partial charge in [-0.3, -0.25) is 0 Å². The predicted octanol–water partition coefficient (Wildman–Crippen LogP) is -11.3. The van der Waals surface area contributed by atoms with Gasteiger partial charge in [0, 0.05) is 6.61 Å². The van der Waals surface area contributed by atoms with E-state index < -0.39 is 20.5 Å². The fourth-order valence-corrected chi connectivity index (χ4v) is 2.85. The Labute approximate surface area is 296 Å². The minimum absolute atomic E-state index is 0. The van der Waals surface area contributed by atoms with E-state index in [2.05, 4.69) is 62.4 Å². The number of aliphatic hydroxyl groups excluding tert-OH is 1. The van der Waals surface area contributed by atoms with Gasteiger partial charge in [-0.25, -0.2) is 37.3 Å². The first kappa shape index (κ1) is 45.5. The fraction of sp³-hybridized carbons (Fsp3) is 0.0833. The van der Waals surface area contributed by atoms with Gasteiger partial charge < -0.3 is 5.11 Å². The Morgan fingerprint density at radius 1 is 0.696 bits per heavy atom. The van der Waals surface area contributed by atoms with Crippen LogP contribution in [-0.4, -0.2) is 75.6 Å². The molecule has 2 heterocycles. The van der Waals surface area contributed by atoms with Crippen LogP contribution < -0.4 is 58.9 Å². The smallest absolute Gasteiger partial charge is 0.222 e. The number of hydrogen-bond donors (Lipinski definition) is 5. The summed E-state index contributed by atoms with van der Waals surface area (Å²) in [5.74, 6) is 0. The minimum Gasteiger partial charge on any atom is -0.222 e. The summed E-state index contributed by atoms with van der Waals surface area (Å²) in [5.41, 5.74) is 14.2. The summed E-state index contributed by atoms with van der Waals surface area (Å²) >= 11 is 5.21. The first-order valence-corrected chi connectivity index (χ1v) is 15.8. The Morgan fingerprint density at radius 3 is 1.26 bits per heavy atom. The molecule has 0 unspecified atom stereocenters.